The van der Waals surface area contributed by atoms with Crippen LogP contribution in [-0.2, 0) is 13.1 Å². The van der Waals surface area contributed by atoms with Gasteiger partial charge in [-0.15, -0.1) is 16.9 Å². The Morgan fingerprint density at radius 1 is 1.28 bits per heavy atom. The normalized spacial score (nSPS) is 10.7. The Bertz CT molecular complexity index is 455. The summed E-state index contributed by atoms with van der Waals surface area (Å²) >= 11 is 1.84. The number of nitrogens with one attached hydrogen (secondary N) is 1. The Labute approximate surface area is 112 Å². The summed E-state index contributed by atoms with van der Waals surface area (Å²) in [6, 6.07) is 10.4. The number of rotatable bonds is 7. The molecular weight excluding hydrogens is 244 g/mol. The van der Waals surface area contributed by atoms with Gasteiger partial charge in [-0.25, -0.2) is 0 Å². The van der Waals surface area contributed by atoms with E-state index in [-0.39, 0.29) is 0 Å². The van der Waals surface area contributed by atoms with Crippen molar-refractivity contribution < 1.29 is 0 Å². The minimum absolute atomic E-state index is 0.794. The molecule has 0 amide bonds. The minimum Gasteiger partial charge on any atom is -0.311 e. The Hall–Kier alpha value is -1.33. The highest BCUT2D eigenvalue weighted by atomic mass is 32.2. The van der Waals surface area contributed by atoms with Crippen molar-refractivity contribution in [1.82, 2.24) is 20.3 Å². The molecule has 0 saturated heterocycles. The van der Waals surface area contributed by atoms with Crippen LogP contribution in [0.25, 0.3) is 0 Å². The van der Waals surface area contributed by atoms with Crippen molar-refractivity contribution in [2.75, 3.05) is 12.3 Å². The molecule has 0 radical (unpaired) electrons. The van der Waals surface area contributed by atoms with E-state index in [2.05, 4.69) is 46.8 Å². The van der Waals surface area contributed by atoms with E-state index in [1.165, 1.54) is 4.90 Å². The fraction of sp³-hybridized carbons (Fsp3) is 0.385. The average Bonchev–Trinajstić information content (AvgIpc) is 2.85. The second kappa shape index (κ2) is 7.18. The second-order valence-electron chi connectivity index (χ2n) is 3.91. The first-order chi connectivity index (χ1) is 8.88. The van der Waals surface area contributed by atoms with E-state index in [9.17, 15) is 0 Å². The van der Waals surface area contributed by atoms with E-state index >= 15 is 0 Å². The van der Waals surface area contributed by atoms with Crippen LogP contribution in [0.15, 0.2) is 41.4 Å². The Kier molecular flexibility index (Phi) is 5.23. The maximum atomic E-state index is 4.12. The molecule has 0 saturated carbocycles. The highest BCUT2D eigenvalue weighted by Crippen LogP contribution is 2.16. The van der Waals surface area contributed by atoms with Crippen molar-refractivity contribution in [3.05, 3.63) is 42.2 Å². The van der Waals surface area contributed by atoms with Gasteiger partial charge < -0.3 is 5.32 Å². The summed E-state index contributed by atoms with van der Waals surface area (Å²) < 4.78 is 1.91. The maximum Gasteiger partial charge on any atom is 0.0964 e. The van der Waals surface area contributed by atoms with Gasteiger partial charge in [-0.1, -0.05) is 30.3 Å². The molecule has 0 unspecified atom stereocenters. The summed E-state index contributed by atoms with van der Waals surface area (Å²) in [7, 11) is 0. The Morgan fingerprint density at radius 2 is 2.11 bits per heavy atom. The third-order valence-electron chi connectivity index (χ3n) is 2.47. The van der Waals surface area contributed by atoms with Gasteiger partial charge in [0.05, 0.1) is 12.2 Å². The monoisotopic (exact) mass is 262 g/mol. The SMILES string of the molecule is CCNCc1cn(CCSc2ccccc2)nn1. The molecule has 0 atom stereocenters. The van der Waals surface area contributed by atoms with Crippen LogP contribution in [0.5, 0.6) is 0 Å². The largest absolute Gasteiger partial charge is 0.311 e. The predicted octanol–water partition coefficient (Wildman–Crippen LogP) is 2.18. The van der Waals surface area contributed by atoms with Crippen LogP contribution >= 0.6 is 11.8 Å². The van der Waals surface area contributed by atoms with Crippen LogP contribution in [0.4, 0.5) is 0 Å². The van der Waals surface area contributed by atoms with E-state index in [4.69, 9.17) is 0 Å². The molecule has 0 bridgehead atoms. The van der Waals surface area contributed by atoms with Gasteiger partial charge in [-0.2, -0.15) is 0 Å². The molecule has 0 aliphatic heterocycles. The Balaban J connectivity index is 1.75. The molecule has 1 aromatic carbocycles. The van der Waals surface area contributed by atoms with Crippen LogP contribution in [-0.4, -0.2) is 27.3 Å². The van der Waals surface area contributed by atoms with Crippen LogP contribution in [0.3, 0.4) is 0 Å². The van der Waals surface area contributed by atoms with Crippen molar-refractivity contribution in [2.24, 2.45) is 0 Å². The van der Waals surface area contributed by atoms with Crippen LogP contribution in [0.1, 0.15) is 12.6 Å². The first-order valence-electron chi connectivity index (χ1n) is 6.16. The lowest BCUT2D eigenvalue weighted by atomic mass is 10.4. The highest BCUT2D eigenvalue weighted by Gasteiger charge is 2.00. The molecule has 2 aromatic rings. The van der Waals surface area contributed by atoms with Crippen molar-refractivity contribution in [3.63, 3.8) is 0 Å². The number of benzene rings is 1. The zero-order valence-electron chi connectivity index (χ0n) is 10.5. The number of nitrogens with zero attached hydrogens (tertiary/aromatic N) is 3. The number of thioether (sulfide) groups is 1. The van der Waals surface area contributed by atoms with Gasteiger partial charge in [0.1, 0.15) is 0 Å². The number of aromatic nitrogens is 3. The van der Waals surface area contributed by atoms with Crippen LogP contribution < -0.4 is 5.32 Å². The summed E-state index contributed by atoms with van der Waals surface area (Å²) in [5.41, 5.74) is 1.00. The molecule has 0 aliphatic carbocycles. The molecule has 96 valence electrons. The molecule has 18 heavy (non-hydrogen) atoms. The molecule has 1 N–H and O–H groups in total. The zero-order valence-corrected chi connectivity index (χ0v) is 11.4. The fourth-order valence-electron chi connectivity index (χ4n) is 1.56. The summed E-state index contributed by atoms with van der Waals surface area (Å²) in [5.74, 6) is 1.01. The minimum atomic E-state index is 0.794. The van der Waals surface area contributed by atoms with Crippen molar-refractivity contribution in [1.29, 1.82) is 0 Å². The first-order valence-corrected chi connectivity index (χ1v) is 7.14. The smallest absolute Gasteiger partial charge is 0.0964 e. The first kappa shape index (κ1) is 13.1. The van der Waals surface area contributed by atoms with E-state index < -0.39 is 0 Å². The average molecular weight is 262 g/mol. The lowest BCUT2D eigenvalue weighted by molar-refractivity contribution is 0.631. The molecule has 2 rings (SSSR count). The number of hydrogen-bond acceptors (Lipinski definition) is 4. The van der Waals surface area contributed by atoms with Gasteiger partial charge in [0.15, 0.2) is 0 Å². The molecule has 5 heteroatoms. The van der Waals surface area contributed by atoms with E-state index in [1.807, 2.05) is 28.7 Å². The van der Waals surface area contributed by atoms with Crippen LogP contribution in [0, 0.1) is 0 Å². The van der Waals surface area contributed by atoms with Crippen molar-refractivity contribution in [2.45, 2.75) is 24.9 Å². The van der Waals surface area contributed by atoms with Gasteiger partial charge in [-0.3, -0.25) is 4.68 Å². The third-order valence-corrected chi connectivity index (χ3v) is 3.47. The molecule has 1 aromatic heterocycles. The van der Waals surface area contributed by atoms with Crippen molar-refractivity contribution >= 4 is 11.8 Å². The highest BCUT2D eigenvalue weighted by molar-refractivity contribution is 7.99. The van der Waals surface area contributed by atoms with Gasteiger partial charge in [-0.05, 0) is 18.7 Å². The van der Waals surface area contributed by atoms with Crippen LogP contribution in [0.2, 0.25) is 0 Å². The van der Waals surface area contributed by atoms with Gasteiger partial charge in [0.2, 0.25) is 0 Å². The summed E-state index contributed by atoms with van der Waals surface area (Å²) in [6.07, 6.45) is 2.01. The quantitative estimate of drug-likeness (QED) is 0.777. The van der Waals surface area contributed by atoms with E-state index in [0.717, 1.165) is 31.1 Å². The molecule has 0 fully saturated rings. The number of aryl methyl sites for hydroxylation is 1. The summed E-state index contributed by atoms with van der Waals surface area (Å²) in [4.78, 5) is 1.30. The summed E-state index contributed by atoms with van der Waals surface area (Å²) in [6.45, 7) is 4.72. The molecular formula is C13H18N4S. The molecule has 4 nitrogen and oxygen atoms in total. The van der Waals surface area contributed by atoms with E-state index in [0.29, 0.717) is 0 Å². The summed E-state index contributed by atoms with van der Waals surface area (Å²) in [5, 5.41) is 11.5. The maximum absolute atomic E-state index is 4.12. The topological polar surface area (TPSA) is 42.7 Å². The van der Waals surface area contributed by atoms with Crippen molar-refractivity contribution in [3.8, 4) is 0 Å². The molecule has 1 heterocycles. The van der Waals surface area contributed by atoms with E-state index in [1.54, 1.807) is 0 Å². The zero-order chi connectivity index (χ0) is 12.6. The predicted molar refractivity (Wildman–Crippen MR) is 74.6 cm³/mol. The molecule has 0 spiro atoms. The third kappa shape index (κ3) is 4.16. The van der Waals surface area contributed by atoms with Gasteiger partial charge >= 0.3 is 0 Å². The van der Waals surface area contributed by atoms with Gasteiger partial charge in [0.25, 0.3) is 0 Å². The standard InChI is InChI=1S/C13H18N4S/c1-2-14-10-12-11-17(16-15-12)8-9-18-13-6-4-3-5-7-13/h3-7,11,14H,2,8-10H2,1H3. The molecule has 0 aliphatic rings. The van der Waals surface area contributed by atoms with Gasteiger partial charge in [0, 0.05) is 23.4 Å². The lowest BCUT2D eigenvalue weighted by Crippen LogP contribution is -2.11. The number of hydrogen-bond donors (Lipinski definition) is 1. The lowest BCUT2D eigenvalue weighted by Gasteiger charge is -2.01. The fourth-order valence-corrected chi connectivity index (χ4v) is 2.42. The Morgan fingerprint density at radius 3 is 2.89 bits per heavy atom. The second-order valence-corrected chi connectivity index (χ2v) is 5.08.